The van der Waals surface area contributed by atoms with Crippen LogP contribution in [0.4, 0.5) is 0 Å². The number of methoxy groups -OCH3 is 2. The van der Waals surface area contributed by atoms with Crippen molar-refractivity contribution in [1.82, 2.24) is 4.57 Å². The standard InChI is InChI=1S/C34H31BrN2O5S/c1-5-10-24-17-22(18-27(40-3)31(24)42-20-21-13-15-25(35)16-14-21)19-28-32(38)37-30(23-11-8-7-9-12-23)29(33(39)41-4)26(6-2)36-34(37)43-28/h5,7-9,11-19,30H,1,6,10,20H2,2-4H3/b28-19-/t30-/m1/s1. The number of aromatic nitrogens is 1. The summed E-state index contributed by atoms with van der Waals surface area (Å²) in [6, 6.07) is 20.6. The highest BCUT2D eigenvalue weighted by atomic mass is 79.9. The second-order valence-electron chi connectivity index (χ2n) is 9.82. The predicted octanol–water partition coefficient (Wildman–Crippen LogP) is 5.88. The molecule has 0 radical (unpaired) electrons. The third-order valence-electron chi connectivity index (χ3n) is 7.10. The monoisotopic (exact) mass is 658 g/mol. The summed E-state index contributed by atoms with van der Waals surface area (Å²) >= 11 is 4.75. The first kappa shape index (κ1) is 30.3. The van der Waals surface area contributed by atoms with E-state index < -0.39 is 12.0 Å². The van der Waals surface area contributed by atoms with Crippen molar-refractivity contribution in [2.45, 2.75) is 32.4 Å². The van der Waals surface area contributed by atoms with Gasteiger partial charge in [0, 0.05) is 10.0 Å². The molecule has 0 spiro atoms. The van der Waals surface area contributed by atoms with E-state index >= 15 is 0 Å². The van der Waals surface area contributed by atoms with Crippen molar-refractivity contribution in [2.75, 3.05) is 14.2 Å². The number of thiazole rings is 1. The number of halogens is 1. The van der Waals surface area contributed by atoms with Gasteiger partial charge < -0.3 is 14.2 Å². The molecule has 5 rings (SSSR count). The number of esters is 1. The zero-order valence-electron chi connectivity index (χ0n) is 24.1. The van der Waals surface area contributed by atoms with Crippen molar-refractivity contribution in [1.29, 1.82) is 0 Å². The van der Waals surface area contributed by atoms with Crippen LogP contribution in [0, 0.1) is 0 Å². The molecule has 1 aromatic heterocycles. The van der Waals surface area contributed by atoms with Gasteiger partial charge in [-0.15, -0.1) is 6.58 Å². The lowest BCUT2D eigenvalue weighted by molar-refractivity contribution is -0.136. The maximum atomic E-state index is 14.0. The van der Waals surface area contributed by atoms with Gasteiger partial charge >= 0.3 is 5.97 Å². The lowest BCUT2D eigenvalue weighted by atomic mass is 9.95. The third-order valence-corrected chi connectivity index (χ3v) is 8.61. The minimum Gasteiger partial charge on any atom is -0.493 e. The van der Waals surface area contributed by atoms with Gasteiger partial charge in [0.05, 0.1) is 36.1 Å². The van der Waals surface area contributed by atoms with E-state index in [-0.39, 0.29) is 5.56 Å². The van der Waals surface area contributed by atoms with E-state index in [0.29, 0.717) is 51.6 Å². The Morgan fingerprint density at radius 3 is 2.51 bits per heavy atom. The van der Waals surface area contributed by atoms with Gasteiger partial charge in [-0.2, -0.15) is 0 Å². The van der Waals surface area contributed by atoms with Crippen molar-refractivity contribution in [3.05, 3.63) is 137 Å². The number of rotatable bonds is 10. The molecule has 0 bridgehead atoms. The van der Waals surface area contributed by atoms with Gasteiger partial charge in [-0.05, 0) is 59.9 Å². The van der Waals surface area contributed by atoms with E-state index in [0.717, 1.165) is 26.7 Å². The molecule has 1 atom stereocenters. The van der Waals surface area contributed by atoms with E-state index in [2.05, 4.69) is 22.5 Å². The van der Waals surface area contributed by atoms with Crippen LogP contribution in [0.5, 0.6) is 11.5 Å². The summed E-state index contributed by atoms with van der Waals surface area (Å²) in [6.45, 7) is 6.22. The lowest BCUT2D eigenvalue weighted by Gasteiger charge is -2.25. The molecule has 9 heteroatoms. The van der Waals surface area contributed by atoms with Crippen molar-refractivity contribution in [3.63, 3.8) is 0 Å². The summed E-state index contributed by atoms with van der Waals surface area (Å²) in [5.74, 6) is 0.684. The average Bonchev–Trinajstić information content (AvgIpc) is 3.34. The molecular weight excluding hydrogens is 628 g/mol. The quantitative estimate of drug-likeness (QED) is 0.157. The molecule has 0 unspecified atom stereocenters. The van der Waals surface area contributed by atoms with Gasteiger partial charge in [0.2, 0.25) is 0 Å². The highest BCUT2D eigenvalue weighted by Gasteiger charge is 2.33. The molecule has 43 heavy (non-hydrogen) atoms. The van der Waals surface area contributed by atoms with Crippen molar-refractivity contribution in [2.24, 2.45) is 4.99 Å². The molecule has 0 N–H and O–H groups in total. The van der Waals surface area contributed by atoms with Crippen LogP contribution in [0.1, 0.15) is 41.6 Å². The molecule has 7 nitrogen and oxygen atoms in total. The maximum Gasteiger partial charge on any atom is 0.338 e. The van der Waals surface area contributed by atoms with Crippen LogP contribution in [0.15, 0.2) is 105 Å². The summed E-state index contributed by atoms with van der Waals surface area (Å²) in [5.41, 5.74) is 4.22. The fraction of sp³-hybridized carbons (Fsp3) is 0.206. The van der Waals surface area contributed by atoms with Crippen LogP contribution >= 0.6 is 27.3 Å². The number of nitrogens with zero attached hydrogens (tertiary/aromatic N) is 2. The smallest absolute Gasteiger partial charge is 0.338 e. The minimum atomic E-state index is -0.651. The number of fused-ring (bicyclic) bond motifs is 1. The molecule has 3 aromatic carbocycles. The highest BCUT2D eigenvalue weighted by molar-refractivity contribution is 9.10. The van der Waals surface area contributed by atoms with Gasteiger partial charge in [0.1, 0.15) is 6.61 Å². The SMILES string of the molecule is C=CCc1cc(/C=c2\sc3n(c2=O)[C@H](c2ccccc2)C(C(=O)OC)=C(CC)N=3)cc(OC)c1OCc1ccc(Br)cc1. The summed E-state index contributed by atoms with van der Waals surface area (Å²) in [6.07, 6.45) is 4.69. The van der Waals surface area contributed by atoms with E-state index in [1.54, 1.807) is 17.8 Å². The van der Waals surface area contributed by atoms with E-state index in [1.165, 1.54) is 18.4 Å². The number of hydrogen-bond acceptors (Lipinski definition) is 7. The molecular formula is C34H31BrN2O5S. The maximum absolute atomic E-state index is 14.0. The normalized spacial score (nSPS) is 14.6. The zero-order chi connectivity index (χ0) is 30.5. The number of hydrogen-bond donors (Lipinski definition) is 0. The van der Waals surface area contributed by atoms with E-state index in [9.17, 15) is 9.59 Å². The molecule has 1 aliphatic rings. The number of allylic oxidation sites excluding steroid dienone is 2. The first-order valence-corrected chi connectivity index (χ1v) is 15.4. The summed E-state index contributed by atoms with van der Waals surface area (Å²) in [7, 11) is 2.94. The Hall–Kier alpha value is -4.21. The zero-order valence-corrected chi connectivity index (χ0v) is 26.5. The third kappa shape index (κ3) is 6.28. The fourth-order valence-electron chi connectivity index (χ4n) is 5.09. The van der Waals surface area contributed by atoms with Gasteiger partial charge in [-0.1, -0.05) is 82.7 Å². The van der Waals surface area contributed by atoms with Gasteiger partial charge in [0.15, 0.2) is 16.3 Å². The van der Waals surface area contributed by atoms with Crippen LogP contribution in [0.25, 0.3) is 6.08 Å². The summed E-state index contributed by atoms with van der Waals surface area (Å²) in [5, 5.41) is 0. The second-order valence-corrected chi connectivity index (χ2v) is 11.7. The Morgan fingerprint density at radius 2 is 1.86 bits per heavy atom. The highest BCUT2D eigenvalue weighted by Crippen LogP contribution is 2.35. The van der Waals surface area contributed by atoms with Gasteiger partial charge in [-0.3, -0.25) is 9.36 Å². The van der Waals surface area contributed by atoms with Crippen molar-refractivity contribution in [3.8, 4) is 11.5 Å². The Morgan fingerprint density at radius 1 is 1.12 bits per heavy atom. The van der Waals surface area contributed by atoms with Crippen LogP contribution in [-0.4, -0.2) is 24.8 Å². The summed E-state index contributed by atoms with van der Waals surface area (Å²) in [4.78, 5) is 32.3. The second kappa shape index (κ2) is 13.4. The Labute approximate surface area is 262 Å². The first-order valence-electron chi connectivity index (χ1n) is 13.8. The largest absolute Gasteiger partial charge is 0.493 e. The van der Waals surface area contributed by atoms with Crippen molar-refractivity contribution < 1.29 is 19.0 Å². The topological polar surface area (TPSA) is 79.1 Å². The van der Waals surface area contributed by atoms with Crippen LogP contribution < -0.4 is 24.4 Å². The molecule has 0 saturated heterocycles. The van der Waals surface area contributed by atoms with Gasteiger partial charge in [-0.25, -0.2) is 9.79 Å². The Bertz CT molecular complexity index is 1870. The average molecular weight is 660 g/mol. The Balaban J connectivity index is 1.62. The van der Waals surface area contributed by atoms with Crippen LogP contribution in [-0.2, 0) is 22.6 Å². The molecule has 2 heterocycles. The number of carbonyl (C=O) groups is 1. The molecule has 0 fully saturated rings. The molecule has 220 valence electrons. The number of ether oxygens (including phenoxy) is 3. The lowest BCUT2D eigenvalue weighted by Crippen LogP contribution is -2.40. The van der Waals surface area contributed by atoms with Gasteiger partial charge in [0.25, 0.3) is 5.56 Å². The number of carbonyl (C=O) groups excluding carboxylic acids is 1. The van der Waals surface area contributed by atoms with E-state index in [4.69, 9.17) is 19.2 Å². The molecule has 0 aliphatic carbocycles. The number of benzene rings is 3. The Kier molecular flexibility index (Phi) is 9.43. The predicted molar refractivity (Wildman–Crippen MR) is 172 cm³/mol. The van der Waals surface area contributed by atoms with Crippen molar-refractivity contribution >= 4 is 39.3 Å². The minimum absolute atomic E-state index is 0.242. The van der Waals surface area contributed by atoms with Crippen LogP contribution in [0.2, 0.25) is 0 Å². The van der Waals surface area contributed by atoms with Crippen LogP contribution in [0.3, 0.4) is 0 Å². The molecule has 0 saturated carbocycles. The first-order chi connectivity index (χ1) is 20.9. The van der Waals surface area contributed by atoms with E-state index in [1.807, 2.05) is 79.7 Å². The summed E-state index contributed by atoms with van der Waals surface area (Å²) < 4.78 is 20.2. The fourth-order valence-corrected chi connectivity index (χ4v) is 6.38. The molecule has 1 aliphatic heterocycles. The molecule has 4 aromatic rings. The molecule has 0 amide bonds.